The van der Waals surface area contributed by atoms with E-state index in [2.05, 4.69) is 5.32 Å². The molecule has 0 bridgehead atoms. The predicted molar refractivity (Wildman–Crippen MR) is 133 cm³/mol. The largest absolute Gasteiger partial charge is 0.416 e. The Labute approximate surface area is 210 Å². The van der Waals surface area contributed by atoms with Crippen LogP contribution < -0.4 is 9.62 Å². The third-order valence-corrected chi connectivity index (χ3v) is 7.04. The fourth-order valence-electron chi connectivity index (χ4n) is 3.90. The lowest BCUT2D eigenvalue weighted by molar-refractivity contribution is -0.141. The van der Waals surface area contributed by atoms with Crippen molar-refractivity contribution in [2.75, 3.05) is 24.2 Å². The van der Waals surface area contributed by atoms with Gasteiger partial charge in [-0.3, -0.25) is 13.9 Å². The first-order valence-electron chi connectivity index (χ1n) is 11.5. The molecule has 0 spiro atoms. The van der Waals surface area contributed by atoms with Gasteiger partial charge in [-0.1, -0.05) is 37.3 Å². The fraction of sp³-hybridized carbons (Fsp3) is 0.440. The molecule has 0 saturated heterocycles. The molecule has 0 aromatic heterocycles. The summed E-state index contributed by atoms with van der Waals surface area (Å²) in [5.74, 6) is -0.674. The first-order chi connectivity index (χ1) is 16.8. The van der Waals surface area contributed by atoms with E-state index in [1.807, 2.05) is 31.2 Å². The van der Waals surface area contributed by atoms with Crippen molar-refractivity contribution in [3.63, 3.8) is 0 Å². The lowest BCUT2D eigenvalue weighted by Crippen LogP contribution is -2.48. The average molecular weight is 528 g/mol. The first kappa shape index (κ1) is 29.2. The Balaban J connectivity index is 2.24. The summed E-state index contributed by atoms with van der Waals surface area (Å²) >= 11 is 0. The number of rotatable bonds is 11. The Hall–Kier alpha value is -3.08. The van der Waals surface area contributed by atoms with Gasteiger partial charge in [-0.2, -0.15) is 13.2 Å². The molecular weight excluding hydrogens is 495 g/mol. The smallest absolute Gasteiger partial charge is 0.357 e. The number of carbonyl (C=O) groups excluding carboxylic acids is 2. The van der Waals surface area contributed by atoms with Gasteiger partial charge in [0.2, 0.25) is 21.8 Å². The minimum Gasteiger partial charge on any atom is -0.357 e. The normalized spacial score (nSPS) is 12.6. The molecule has 36 heavy (non-hydrogen) atoms. The lowest BCUT2D eigenvalue weighted by atomic mass is 10.1. The van der Waals surface area contributed by atoms with Crippen molar-refractivity contribution in [2.45, 2.75) is 51.9 Å². The third-order valence-electron chi connectivity index (χ3n) is 5.85. The maximum absolute atomic E-state index is 13.3. The monoisotopic (exact) mass is 527 g/mol. The van der Waals surface area contributed by atoms with Gasteiger partial charge in [0.1, 0.15) is 6.04 Å². The van der Waals surface area contributed by atoms with Crippen molar-refractivity contribution in [2.24, 2.45) is 0 Å². The van der Waals surface area contributed by atoms with Crippen molar-refractivity contribution < 1.29 is 31.2 Å². The zero-order chi connectivity index (χ0) is 27.1. The molecule has 2 rings (SSSR count). The van der Waals surface area contributed by atoms with Gasteiger partial charge in [0, 0.05) is 26.6 Å². The highest BCUT2D eigenvalue weighted by Crippen LogP contribution is 2.32. The molecule has 1 atom stereocenters. The summed E-state index contributed by atoms with van der Waals surface area (Å²) in [6.45, 7) is 3.69. The summed E-state index contributed by atoms with van der Waals surface area (Å²) in [5, 5.41) is 2.57. The number of amides is 2. The minimum atomic E-state index is -4.62. The standard InChI is InChI=1S/C25H32F3N3O4S/c1-5-22(24(33)29-3)30(17-19-11-7-6-10-18(19)2)23(32)14-9-15-31(36(4,34)35)21-13-8-12-20(16-21)25(26,27)28/h6-8,10-13,16,22H,5,9,14-15,17H2,1-4H3,(H,29,33). The van der Waals surface area contributed by atoms with Crippen molar-refractivity contribution in [3.8, 4) is 0 Å². The van der Waals surface area contributed by atoms with Gasteiger partial charge < -0.3 is 10.2 Å². The number of nitrogens with zero attached hydrogens (tertiary/aromatic N) is 2. The maximum atomic E-state index is 13.3. The number of halogens is 3. The lowest BCUT2D eigenvalue weighted by Gasteiger charge is -2.31. The van der Waals surface area contributed by atoms with Crippen LogP contribution in [-0.4, -0.2) is 51.0 Å². The Morgan fingerprint density at radius 3 is 2.31 bits per heavy atom. The van der Waals surface area contributed by atoms with Crippen LogP contribution in [0.3, 0.4) is 0 Å². The number of hydrogen-bond acceptors (Lipinski definition) is 4. The second-order valence-corrected chi connectivity index (χ2v) is 10.4. The molecule has 0 saturated carbocycles. The summed E-state index contributed by atoms with van der Waals surface area (Å²) in [6, 6.07) is 10.8. The highest BCUT2D eigenvalue weighted by Gasteiger charge is 2.32. The number of alkyl halides is 3. The quantitative estimate of drug-likeness (QED) is 0.477. The van der Waals surface area contributed by atoms with Crippen LogP contribution in [0.1, 0.15) is 42.9 Å². The van der Waals surface area contributed by atoms with Crippen LogP contribution in [-0.2, 0) is 32.3 Å². The van der Waals surface area contributed by atoms with Gasteiger partial charge in [0.25, 0.3) is 0 Å². The Morgan fingerprint density at radius 2 is 1.75 bits per heavy atom. The van der Waals surface area contributed by atoms with Gasteiger partial charge >= 0.3 is 6.18 Å². The van der Waals surface area contributed by atoms with Crippen molar-refractivity contribution >= 4 is 27.5 Å². The van der Waals surface area contributed by atoms with E-state index >= 15 is 0 Å². The van der Waals surface area contributed by atoms with E-state index in [1.54, 1.807) is 6.92 Å². The molecule has 0 aliphatic carbocycles. The molecule has 1 N–H and O–H groups in total. The van der Waals surface area contributed by atoms with E-state index in [9.17, 15) is 31.2 Å². The molecule has 2 aromatic rings. The van der Waals surface area contributed by atoms with Gasteiger partial charge in [-0.15, -0.1) is 0 Å². The topological polar surface area (TPSA) is 86.8 Å². The molecular formula is C25H32F3N3O4S. The van der Waals surface area contributed by atoms with E-state index in [0.717, 1.165) is 39.9 Å². The van der Waals surface area contributed by atoms with Crippen LogP contribution >= 0.6 is 0 Å². The zero-order valence-electron chi connectivity index (χ0n) is 20.8. The van der Waals surface area contributed by atoms with Crippen LogP contribution in [0.2, 0.25) is 0 Å². The second kappa shape index (κ2) is 12.2. The van der Waals surface area contributed by atoms with Crippen molar-refractivity contribution in [3.05, 3.63) is 65.2 Å². The number of hydrogen-bond donors (Lipinski definition) is 1. The van der Waals surface area contributed by atoms with E-state index in [1.165, 1.54) is 18.0 Å². The number of aryl methyl sites for hydroxylation is 1. The van der Waals surface area contributed by atoms with Gasteiger partial charge in [0.05, 0.1) is 17.5 Å². The van der Waals surface area contributed by atoms with Crippen LogP contribution in [0.5, 0.6) is 0 Å². The van der Waals surface area contributed by atoms with Crippen molar-refractivity contribution in [1.82, 2.24) is 10.2 Å². The van der Waals surface area contributed by atoms with E-state index < -0.39 is 27.8 Å². The van der Waals surface area contributed by atoms with E-state index in [4.69, 9.17) is 0 Å². The minimum absolute atomic E-state index is 0.0522. The average Bonchev–Trinajstić information content (AvgIpc) is 2.81. The number of sulfonamides is 1. The molecule has 0 aliphatic rings. The van der Waals surface area contributed by atoms with Gasteiger partial charge in [-0.25, -0.2) is 8.42 Å². The Bertz CT molecular complexity index is 1170. The van der Waals surface area contributed by atoms with Crippen LogP contribution in [0.25, 0.3) is 0 Å². The molecule has 11 heteroatoms. The van der Waals surface area contributed by atoms with Crippen LogP contribution in [0.4, 0.5) is 18.9 Å². The van der Waals surface area contributed by atoms with Crippen LogP contribution in [0, 0.1) is 6.92 Å². The molecule has 0 heterocycles. The number of carbonyl (C=O) groups is 2. The highest BCUT2D eigenvalue weighted by molar-refractivity contribution is 7.92. The first-order valence-corrected chi connectivity index (χ1v) is 13.3. The molecule has 0 radical (unpaired) electrons. The van der Waals surface area contributed by atoms with E-state index in [0.29, 0.717) is 6.42 Å². The summed E-state index contributed by atoms with van der Waals surface area (Å²) in [6.07, 6.45) is -3.39. The molecule has 0 aliphatic heterocycles. The van der Waals surface area contributed by atoms with Gasteiger partial charge in [0.15, 0.2) is 0 Å². The fourth-order valence-corrected chi connectivity index (χ4v) is 4.86. The molecule has 1 unspecified atom stereocenters. The number of anilines is 1. The number of nitrogens with one attached hydrogen (secondary N) is 1. The highest BCUT2D eigenvalue weighted by atomic mass is 32.2. The summed E-state index contributed by atoms with van der Waals surface area (Å²) in [4.78, 5) is 27.2. The zero-order valence-corrected chi connectivity index (χ0v) is 21.6. The summed E-state index contributed by atoms with van der Waals surface area (Å²) in [5.41, 5.74) is 0.726. The van der Waals surface area contributed by atoms with E-state index in [-0.39, 0.29) is 43.4 Å². The predicted octanol–water partition coefficient (Wildman–Crippen LogP) is 4.11. The molecule has 0 fully saturated rings. The van der Waals surface area contributed by atoms with Crippen molar-refractivity contribution in [1.29, 1.82) is 0 Å². The Morgan fingerprint density at radius 1 is 1.08 bits per heavy atom. The molecule has 2 aromatic carbocycles. The summed E-state index contributed by atoms with van der Waals surface area (Å²) < 4.78 is 65.0. The van der Waals surface area contributed by atoms with Gasteiger partial charge in [-0.05, 0) is 49.1 Å². The SMILES string of the molecule is CCC(C(=O)NC)N(Cc1ccccc1C)C(=O)CCCN(c1cccc(C(F)(F)F)c1)S(C)(=O)=O. The molecule has 7 nitrogen and oxygen atoms in total. The Kier molecular flexibility index (Phi) is 9.92. The van der Waals surface area contributed by atoms with Crippen LogP contribution in [0.15, 0.2) is 48.5 Å². The number of benzene rings is 2. The molecule has 2 amide bonds. The third kappa shape index (κ3) is 7.71. The second-order valence-electron chi connectivity index (χ2n) is 8.47. The summed E-state index contributed by atoms with van der Waals surface area (Å²) in [7, 11) is -2.43. The number of likely N-dealkylation sites (N-methyl/N-ethyl adjacent to an activating group) is 1. The molecule has 198 valence electrons. The maximum Gasteiger partial charge on any atom is 0.416 e.